The van der Waals surface area contributed by atoms with Crippen molar-refractivity contribution >= 4 is 0 Å². The molecule has 0 fully saturated rings. The second-order valence-corrected chi connectivity index (χ2v) is 0.257. The van der Waals surface area contributed by atoms with E-state index in [1.54, 1.807) is 0 Å². The van der Waals surface area contributed by atoms with Gasteiger partial charge < -0.3 is 6.26 Å². The molecule has 0 aromatic carbocycles. The summed E-state index contributed by atoms with van der Waals surface area (Å²) in [6, 6.07) is 0. The maximum atomic E-state index is 8.70. The van der Waals surface area contributed by atoms with Crippen LogP contribution in [0.15, 0.2) is 5.34 Å². The monoisotopic (exact) mass is 85.0 g/mol. The zero-order valence-electron chi connectivity index (χ0n) is 4.26. The summed E-state index contributed by atoms with van der Waals surface area (Å²) in [6.07, 6.45) is 0. The summed E-state index contributed by atoms with van der Waals surface area (Å²) < 4.78 is 0. The summed E-state index contributed by atoms with van der Waals surface area (Å²) in [5.41, 5.74) is 0. The van der Waals surface area contributed by atoms with Crippen molar-refractivity contribution in [2.75, 3.05) is 7.11 Å². The van der Waals surface area contributed by atoms with Crippen LogP contribution in [0.25, 0.3) is 0 Å². The number of hydrogen-bond donors (Lipinski definition) is 0. The van der Waals surface area contributed by atoms with Crippen molar-refractivity contribution in [1.29, 1.82) is 0 Å². The van der Waals surface area contributed by atoms with E-state index in [1.807, 2.05) is 5.34 Å². The van der Waals surface area contributed by atoms with E-state index in [0.29, 0.717) is 0 Å². The molecule has 0 aliphatic heterocycles. The fourth-order valence-electron chi connectivity index (χ4n) is 0. The summed E-state index contributed by atoms with van der Waals surface area (Å²) in [4.78, 5) is 12.3. The molecule has 0 rings (SSSR count). The average Bonchev–Trinajstić information content (AvgIpc) is 1.37. The molecule has 26 valence electrons. The predicted octanol–water partition coefficient (Wildman–Crippen LogP) is -2.57. The first-order valence-electron chi connectivity index (χ1n) is 0.773. The third-order valence-corrected chi connectivity index (χ3v) is 0.0745. The molecule has 0 radical (unpaired) electrons. The van der Waals surface area contributed by atoms with E-state index in [4.69, 9.17) is 4.91 Å². The van der Waals surface area contributed by atoms with E-state index in [1.165, 1.54) is 7.11 Å². The Labute approximate surface area is 53.4 Å². The minimum Gasteiger partial charge on any atom is -1.00 e. The smallest absolute Gasteiger partial charge is 1.00 e. The van der Waals surface area contributed by atoms with Crippen LogP contribution in [0.5, 0.6) is 0 Å². The Kier molecular flexibility index (Phi) is 16.0. The van der Waals surface area contributed by atoms with Crippen LogP contribution >= 0.6 is 0 Å². The molecule has 0 N–H and O–H groups in total. The average molecular weight is 85.0 g/mol. The minimum absolute atomic E-state index is 0. The summed E-state index contributed by atoms with van der Waals surface area (Å²) in [5.74, 6) is 0. The summed E-state index contributed by atoms with van der Waals surface area (Å²) in [5, 5.41) is 1.99. The van der Waals surface area contributed by atoms with Crippen molar-refractivity contribution in [1.82, 2.24) is 0 Å². The van der Waals surface area contributed by atoms with Gasteiger partial charge in [-0.15, -0.1) is 4.91 Å². The molecule has 0 saturated carbocycles. The fraction of sp³-hybridized carbons (Fsp3) is 1.00. The van der Waals surface area contributed by atoms with E-state index in [0.717, 1.165) is 0 Å². The standard InChI is InChI=1S/CH3NO2.Na.H/c1-4-2-3;;/h1H3;;/q;+1;-1. The van der Waals surface area contributed by atoms with E-state index < -0.39 is 0 Å². The third kappa shape index (κ3) is 12.9. The number of hydrogen-bond acceptors (Lipinski definition) is 3. The Bertz CT molecular complexity index is 27.5. The molecule has 0 unspecified atom stereocenters. The van der Waals surface area contributed by atoms with Crippen molar-refractivity contribution in [3.8, 4) is 0 Å². The largest absolute Gasteiger partial charge is 1.00 e. The van der Waals surface area contributed by atoms with E-state index in [2.05, 4.69) is 4.84 Å². The molecule has 5 heavy (non-hydrogen) atoms. The molecule has 0 aliphatic rings. The molecule has 0 saturated heterocycles. The zero-order chi connectivity index (χ0) is 3.41. The molecule has 0 bridgehead atoms. The maximum Gasteiger partial charge on any atom is 1.00 e. The Balaban J connectivity index is -0.0000000450. The second kappa shape index (κ2) is 8.83. The zero-order valence-corrected chi connectivity index (χ0v) is 5.26. The van der Waals surface area contributed by atoms with E-state index in [9.17, 15) is 0 Å². The van der Waals surface area contributed by atoms with Crippen LogP contribution in [-0.2, 0) is 4.84 Å². The van der Waals surface area contributed by atoms with Gasteiger partial charge in [0.25, 0.3) is 0 Å². The molecule has 0 atom stereocenters. The minimum atomic E-state index is 0. The SMILES string of the molecule is CON=O.[H-].[Na+]. The van der Waals surface area contributed by atoms with Gasteiger partial charge in [0.2, 0.25) is 0 Å². The number of nitrogens with zero attached hydrogens (tertiary/aromatic N) is 1. The van der Waals surface area contributed by atoms with Crippen molar-refractivity contribution in [3.05, 3.63) is 4.91 Å². The predicted molar refractivity (Wildman–Crippen MR) is 13.9 cm³/mol. The van der Waals surface area contributed by atoms with Gasteiger partial charge in [0.05, 0.1) is 0 Å². The third-order valence-electron chi connectivity index (χ3n) is 0.0745. The molecule has 4 heteroatoms. The van der Waals surface area contributed by atoms with Crippen LogP contribution in [0.2, 0.25) is 0 Å². The first-order chi connectivity index (χ1) is 1.91. The summed E-state index contributed by atoms with van der Waals surface area (Å²) in [7, 11) is 1.20. The summed E-state index contributed by atoms with van der Waals surface area (Å²) in [6.45, 7) is 0. The maximum absolute atomic E-state index is 8.70. The van der Waals surface area contributed by atoms with Gasteiger partial charge in [-0.1, -0.05) is 0 Å². The first-order valence-corrected chi connectivity index (χ1v) is 0.773. The molecule has 0 heterocycles. The van der Waals surface area contributed by atoms with Gasteiger partial charge in [-0.05, 0) is 0 Å². The van der Waals surface area contributed by atoms with Gasteiger partial charge in [-0.2, -0.15) is 0 Å². The van der Waals surface area contributed by atoms with Gasteiger partial charge in [0.15, 0.2) is 5.34 Å². The van der Waals surface area contributed by atoms with Gasteiger partial charge in [0.1, 0.15) is 7.11 Å². The Morgan fingerprint density at radius 3 is 2.20 bits per heavy atom. The van der Waals surface area contributed by atoms with Gasteiger partial charge in [-0.25, -0.2) is 0 Å². The Morgan fingerprint density at radius 2 is 2.20 bits per heavy atom. The fourth-order valence-corrected chi connectivity index (χ4v) is 0. The molecule has 0 aromatic rings. The summed E-state index contributed by atoms with van der Waals surface area (Å²) >= 11 is 0. The quantitative estimate of drug-likeness (QED) is 0.199. The molecule has 3 nitrogen and oxygen atoms in total. The van der Waals surface area contributed by atoms with Crippen LogP contribution < -0.4 is 29.6 Å². The van der Waals surface area contributed by atoms with Crippen molar-refractivity contribution in [2.45, 2.75) is 0 Å². The molecular weight excluding hydrogens is 81.0 g/mol. The van der Waals surface area contributed by atoms with Gasteiger partial charge in [-0.3, -0.25) is 0 Å². The molecule has 0 aliphatic carbocycles. The molecule has 0 aromatic heterocycles. The van der Waals surface area contributed by atoms with E-state index in [-0.39, 0.29) is 31.0 Å². The van der Waals surface area contributed by atoms with E-state index >= 15 is 0 Å². The van der Waals surface area contributed by atoms with Crippen molar-refractivity contribution in [3.63, 3.8) is 0 Å². The van der Waals surface area contributed by atoms with Crippen LogP contribution in [0.4, 0.5) is 0 Å². The second-order valence-electron chi connectivity index (χ2n) is 0.257. The van der Waals surface area contributed by atoms with Gasteiger partial charge >= 0.3 is 29.6 Å². The van der Waals surface area contributed by atoms with Crippen molar-refractivity contribution < 1.29 is 35.8 Å². The molecular formula is CH4NNaO2. The topological polar surface area (TPSA) is 38.7 Å². The van der Waals surface area contributed by atoms with Crippen LogP contribution in [0.3, 0.4) is 0 Å². The first kappa shape index (κ1) is 9.04. The van der Waals surface area contributed by atoms with Gasteiger partial charge in [0, 0.05) is 0 Å². The Morgan fingerprint density at radius 1 is 2.00 bits per heavy atom. The molecule has 0 amide bonds. The molecule has 0 spiro atoms. The van der Waals surface area contributed by atoms with Crippen LogP contribution in [-0.4, -0.2) is 7.11 Å². The Hall–Kier alpha value is 0.400. The van der Waals surface area contributed by atoms with Crippen LogP contribution in [0, 0.1) is 4.91 Å². The normalized spacial score (nSPS) is 4.20. The number of rotatable bonds is 1. The van der Waals surface area contributed by atoms with Crippen molar-refractivity contribution in [2.24, 2.45) is 5.34 Å². The van der Waals surface area contributed by atoms with Crippen LogP contribution in [0.1, 0.15) is 1.43 Å².